The number of hydrogen-bond donors (Lipinski definition) is 1. The molecule has 6 rings (SSSR count). The smallest absolute Gasteiger partial charge is 0.303 e. The molecule has 2 aliphatic carbocycles. The monoisotopic (exact) mass is 507 g/mol. The van der Waals surface area contributed by atoms with E-state index in [0.29, 0.717) is 12.8 Å². The molecule has 7 nitrogen and oxygen atoms in total. The van der Waals surface area contributed by atoms with Crippen LogP contribution in [0.15, 0.2) is 42.5 Å². The molecule has 1 spiro atoms. The highest BCUT2D eigenvalue weighted by Crippen LogP contribution is 2.68. The van der Waals surface area contributed by atoms with E-state index in [2.05, 4.69) is 37.4 Å². The SMILES string of the molecule is CC(=O)O[C@@H]1[C@@H]2O[C@H]2[C@H](C)C(=O)[C@@H](C)CC=C[C@H]2[C@@H]3O[C@]3(C)[C@@H](C)[C@H]3[C@H](Cc4ccccc4)NC(=O)[C@@]312. The maximum atomic E-state index is 14.4. The first-order chi connectivity index (χ1) is 17.6. The average Bonchev–Trinajstić information content (AvgIpc) is 3.76. The lowest BCUT2D eigenvalue weighted by Gasteiger charge is -2.49. The summed E-state index contributed by atoms with van der Waals surface area (Å²) in [6.45, 7) is 9.52. The Bertz CT molecular complexity index is 1150. The Balaban J connectivity index is 1.51. The average molecular weight is 508 g/mol. The Morgan fingerprint density at radius 2 is 1.86 bits per heavy atom. The summed E-state index contributed by atoms with van der Waals surface area (Å²) in [5.74, 6) is -1.35. The van der Waals surface area contributed by atoms with E-state index in [1.54, 1.807) is 0 Å². The number of nitrogens with one attached hydrogen (secondary N) is 1. The lowest BCUT2D eigenvalue weighted by Crippen LogP contribution is -2.62. The van der Waals surface area contributed by atoms with Crippen LogP contribution in [0.1, 0.15) is 46.6 Å². The van der Waals surface area contributed by atoms with Crippen molar-refractivity contribution in [3.8, 4) is 0 Å². The molecule has 3 aliphatic heterocycles. The molecule has 4 fully saturated rings. The molecule has 12 atom stereocenters. The predicted octanol–water partition coefficient (Wildman–Crippen LogP) is 3.25. The molecule has 1 saturated carbocycles. The molecule has 0 unspecified atom stereocenters. The van der Waals surface area contributed by atoms with Gasteiger partial charge in [0, 0.05) is 36.6 Å². The van der Waals surface area contributed by atoms with E-state index in [9.17, 15) is 14.4 Å². The van der Waals surface area contributed by atoms with Crippen molar-refractivity contribution in [2.45, 2.75) is 83.5 Å². The molecular formula is C30H37NO6. The summed E-state index contributed by atoms with van der Waals surface area (Å²) in [6, 6.07) is 10.0. The minimum absolute atomic E-state index is 0.0353. The number of hydrogen-bond acceptors (Lipinski definition) is 6. The minimum Gasteiger partial charge on any atom is -0.458 e. The van der Waals surface area contributed by atoms with E-state index < -0.39 is 23.6 Å². The van der Waals surface area contributed by atoms with Gasteiger partial charge >= 0.3 is 5.97 Å². The Labute approximate surface area is 218 Å². The largest absolute Gasteiger partial charge is 0.458 e. The highest BCUT2D eigenvalue weighted by molar-refractivity contribution is 5.89. The van der Waals surface area contributed by atoms with Gasteiger partial charge in [-0.3, -0.25) is 14.4 Å². The van der Waals surface area contributed by atoms with Crippen molar-refractivity contribution in [1.29, 1.82) is 0 Å². The zero-order chi connectivity index (χ0) is 26.3. The highest BCUT2D eigenvalue weighted by Gasteiger charge is 2.80. The van der Waals surface area contributed by atoms with Gasteiger partial charge in [0.2, 0.25) is 5.91 Å². The Hall–Kier alpha value is -2.51. The number of carbonyl (C=O) groups is 3. The summed E-state index contributed by atoms with van der Waals surface area (Å²) in [5.41, 5.74) is -0.288. The van der Waals surface area contributed by atoms with Crippen LogP contribution >= 0.6 is 0 Å². The van der Waals surface area contributed by atoms with Gasteiger partial charge in [-0.2, -0.15) is 0 Å². The number of ketones is 1. The van der Waals surface area contributed by atoms with Gasteiger partial charge in [-0.05, 0) is 31.2 Å². The van der Waals surface area contributed by atoms with Crippen LogP contribution in [-0.2, 0) is 35.0 Å². The van der Waals surface area contributed by atoms with Crippen LogP contribution in [0.3, 0.4) is 0 Å². The molecule has 3 heterocycles. The fraction of sp³-hybridized carbons (Fsp3) is 0.633. The van der Waals surface area contributed by atoms with E-state index in [0.717, 1.165) is 5.56 Å². The van der Waals surface area contributed by atoms with E-state index in [1.165, 1.54) is 6.92 Å². The Kier molecular flexibility index (Phi) is 5.70. The number of allylic oxidation sites excluding steroid dienone is 1. The molecular weight excluding hydrogens is 470 g/mol. The third-order valence-electron chi connectivity index (χ3n) is 10.1. The summed E-state index contributed by atoms with van der Waals surface area (Å²) >= 11 is 0. The molecule has 198 valence electrons. The number of rotatable bonds is 3. The zero-order valence-electron chi connectivity index (χ0n) is 22.2. The van der Waals surface area contributed by atoms with E-state index in [-0.39, 0.29) is 65.1 Å². The van der Waals surface area contributed by atoms with Crippen LogP contribution in [0.25, 0.3) is 0 Å². The van der Waals surface area contributed by atoms with Crippen molar-refractivity contribution < 1.29 is 28.6 Å². The number of fused-ring (bicyclic) bond motifs is 3. The van der Waals surface area contributed by atoms with Crippen LogP contribution in [0.4, 0.5) is 0 Å². The molecule has 7 heteroatoms. The topological polar surface area (TPSA) is 97.5 Å². The number of carbonyl (C=O) groups excluding carboxylic acids is 3. The maximum Gasteiger partial charge on any atom is 0.303 e. The normalized spacial score (nSPS) is 47.9. The molecule has 3 saturated heterocycles. The van der Waals surface area contributed by atoms with E-state index in [4.69, 9.17) is 14.2 Å². The molecule has 0 bridgehead atoms. The van der Waals surface area contributed by atoms with Gasteiger partial charge in [-0.15, -0.1) is 0 Å². The number of epoxide rings is 2. The van der Waals surface area contributed by atoms with Gasteiger partial charge in [-0.1, -0.05) is 63.3 Å². The minimum atomic E-state index is -1.06. The van der Waals surface area contributed by atoms with Crippen LogP contribution in [0.2, 0.25) is 0 Å². The van der Waals surface area contributed by atoms with Crippen molar-refractivity contribution in [1.82, 2.24) is 5.32 Å². The molecule has 1 amide bonds. The zero-order valence-corrected chi connectivity index (χ0v) is 22.2. The van der Waals surface area contributed by atoms with Crippen LogP contribution in [0, 0.1) is 35.0 Å². The van der Waals surface area contributed by atoms with Gasteiger partial charge < -0.3 is 19.5 Å². The van der Waals surface area contributed by atoms with Crippen LogP contribution < -0.4 is 5.32 Å². The number of Topliss-reactive ketones (excluding diaryl/α,β-unsaturated/α-hetero) is 1. The van der Waals surface area contributed by atoms with Gasteiger partial charge in [0.05, 0.1) is 17.8 Å². The van der Waals surface area contributed by atoms with Crippen LogP contribution in [-0.4, -0.2) is 53.7 Å². The highest BCUT2D eigenvalue weighted by atomic mass is 16.6. The van der Waals surface area contributed by atoms with Crippen molar-refractivity contribution in [2.24, 2.45) is 35.0 Å². The van der Waals surface area contributed by atoms with Gasteiger partial charge in [0.1, 0.15) is 23.4 Å². The van der Waals surface area contributed by atoms with Crippen molar-refractivity contribution >= 4 is 17.7 Å². The van der Waals surface area contributed by atoms with E-state index in [1.807, 2.05) is 38.1 Å². The van der Waals surface area contributed by atoms with Gasteiger partial charge in [0.15, 0.2) is 0 Å². The summed E-state index contributed by atoms with van der Waals surface area (Å²) < 4.78 is 18.7. The molecule has 0 aromatic heterocycles. The maximum absolute atomic E-state index is 14.4. The summed E-state index contributed by atoms with van der Waals surface area (Å²) in [6.07, 6.45) is 3.51. The fourth-order valence-corrected chi connectivity index (χ4v) is 8.01. The van der Waals surface area contributed by atoms with Gasteiger partial charge in [0.25, 0.3) is 0 Å². The Morgan fingerprint density at radius 1 is 1.14 bits per heavy atom. The molecule has 5 aliphatic rings. The summed E-state index contributed by atoms with van der Waals surface area (Å²) in [7, 11) is 0. The van der Waals surface area contributed by atoms with Crippen molar-refractivity contribution in [3.63, 3.8) is 0 Å². The quantitative estimate of drug-likeness (QED) is 0.383. The third kappa shape index (κ3) is 3.57. The third-order valence-corrected chi connectivity index (χ3v) is 10.1. The number of esters is 1. The van der Waals surface area contributed by atoms with Crippen molar-refractivity contribution in [2.75, 3.05) is 0 Å². The first kappa shape index (κ1) is 24.8. The molecule has 0 radical (unpaired) electrons. The molecule has 1 aromatic carbocycles. The van der Waals surface area contributed by atoms with Gasteiger partial charge in [-0.25, -0.2) is 0 Å². The van der Waals surface area contributed by atoms with E-state index >= 15 is 0 Å². The van der Waals surface area contributed by atoms with Crippen LogP contribution in [0.5, 0.6) is 0 Å². The lowest BCUT2D eigenvalue weighted by atomic mass is 9.50. The second kappa shape index (κ2) is 8.50. The Morgan fingerprint density at radius 3 is 2.57 bits per heavy atom. The first-order valence-electron chi connectivity index (χ1n) is 13.7. The number of amides is 1. The predicted molar refractivity (Wildman–Crippen MR) is 135 cm³/mol. The standard InChI is InChI=1S/C30H37NO6/c1-15-10-9-13-20-26-29(5,37-26)17(3)22-21(14-19-11-7-6-8-12-19)31-28(34)30(20,22)27(35-18(4)32)25-24(36-25)16(2)23(15)33/h6-9,11-13,15-17,20-22,24-27H,10,14H2,1-5H3,(H,31,34)/t15-,16+,17-,20-,21-,22-,24-,25+,26-,27+,29+,30-/m0/s1. The molecule has 1 aromatic rings. The fourth-order valence-electron chi connectivity index (χ4n) is 8.01. The second-order valence-electron chi connectivity index (χ2n) is 12.1. The number of ether oxygens (including phenoxy) is 3. The number of benzene rings is 1. The lowest BCUT2D eigenvalue weighted by molar-refractivity contribution is -0.171. The summed E-state index contributed by atoms with van der Waals surface area (Å²) in [5, 5.41) is 3.35. The first-order valence-corrected chi connectivity index (χ1v) is 13.7. The molecule has 1 N–H and O–H groups in total. The summed E-state index contributed by atoms with van der Waals surface area (Å²) in [4.78, 5) is 40.1. The second-order valence-corrected chi connectivity index (χ2v) is 12.1. The van der Waals surface area contributed by atoms with Crippen molar-refractivity contribution in [3.05, 3.63) is 48.0 Å². The molecule has 37 heavy (non-hydrogen) atoms.